The molecule has 1 aliphatic rings. The number of amides is 1. The average molecular weight is 341 g/mol. The second-order valence-electron chi connectivity index (χ2n) is 5.94. The Labute approximate surface area is 147 Å². The summed E-state index contributed by atoms with van der Waals surface area (Å²) in [7, 11) is 3.21. The SMILES string of the molecule is COc1ccc(CNC(=O)C2CC(c3ccccc3)NN2)c(OC)c1. The first-order valence-corrected chi connectivity index (χ1v) is 8.26. The predicted octanol–water partition coefficient (Wildman–Crippen LogP) is 1.93. The van der Waals surface area contributed by atoms with Crippen molar-refractivity contribution < 1.29 is 14.3 Å². The number of hydrogen-bond acceptors (Lipinski definition) is 5. The van der Waals surface area contributed by atoms with Crippen molar-refractivity contribution in [2.75, 3.05) is 14.2 Å². The quantitative estimate of drug-likeness (QED) is 0.749. The number of carbonyl (C=O) groups excluding carboxylic acids is 1. The molecule has 1 heterocycles. The lowest BCUT2D eigenvalue weighted by atomic mass is 10.0. The zero-order chi connectivity index (χ0) is 17.6. The predicted molar refractivity (Wildman–Crippen MR) is 95.3 cm³/mol. The Balaban J connectivity index is 1.57. The lowest BCUT2D eigenvalue weighted by Gasteiger charge is -2.13. The largest absolute Gasteiger partial charge is 0.497 e. The maximum atomic E-state index is 12.4. The lowest BCUT2D eigenvalue weighted by Crippen LogP contribution is -2.42. The summed E-state index contributed by atoms with van der Waals surface area (Å²) in [6, 6.07) is 15.5. The summed E-state index contributed by atoms with van der Waals surface area (Å²) in [6.07, 6.45) is 0.704. The number of nitrogens with one attached hydrogen (secondary N) is 3. The van der Waals surface area contributed by atoms with Gasteiger partial charge in [-0.1, -0.05) is 30.3 Å². The van der Waals surface area contributed by atoms with E-state index in [0.29, 0.717) is 18.7 Å². The van der Waals surface area contributed by atoms with Crippen LogP contribution >= 0.6 is 0 Å². The summed E-state index contributed by atoms with van der Waals surface area (Å²) in [5.74, 6) is 1.38. The Morgan fingerprint density at radius 1 is 1.12 bits per heavy atom. The van der Waals surface area contributed by atoms with E-state index in [1.54, 1.807) is 14.2 Å². The first kappa shape index (κ1) is 17.3. The van der Waals surface area contributed by atoms with E-state index >= 15 is 0 Å². The molecule has 6 heteroatoms. The number of methoxy groups -OCH3 is 2. The van der Waals surface area contributed by atoms with E-state index in [4.69, 9.17) is 9.47 Å². The number of hydrogen-bond donors (Lipinski definition) is 3. The monoisotopic (exact) mass is 341 g/mol. The highest BCUT2D eigenvalue weighted by Crippen LogP contribution is 2.25. The lowest BCUT2D eigenvalue weighted by molar-refractivity contribution is -0.123. The molecule has 25 heavy (non-hydrogen) atoms. The van der Waals surface area contributed by atoms with Gasteiger partial charge in [0.25, 0.3) is 0 Å². The molecule has 6 nitrogen and oxygen atoms in total. The van der Waals surface area contributed by atoms with Gasteiger partial charge in [-0.05, 0) is 24.1 Å². The highest BCUT2D eigenvalue weighted by Gasteiger charge is 2.29. The van der Waals surface area contributed by atoms with E-state index in [1.807, 2.05) is 36.4 Å². The molecule has 1 saturated heterocycles. The van der Waals surface area contributed by atoms with Crippen LogP contribution in [0, 0.1) is 0 Å². The Morgan fingerprint density at radius 2 is 1.92 bits per heavy atom. The van der Waals surface area contributed by atoms with Crippen LogP contribution in [-0.4, -0.2) is 26.2 Å². The summed E-state index contributed by atoms with van der Waals surface area (Å²) in [6.45, 7) is 0.403. The average Bonchev–Trinajstić information content (AvgIpc) is 3.17. The fraction of sp³-hybridized carbons (Fsp3) is 0.316. The maximum absolute atomic E-state index is 12.4. The van der Waals surface area contributed by atoms with Crippen molar-refractivity contribution in [2.45, 2.75) is 25.0 Å². The molecule has 2 aromatic rings. The van der Waals surface area contributed by atoms with Gasteiger partial charge in [-0.25, -0.2) is 10.9 Å². The Kier molecular flexibility index (Phi) is 5.53. The number of benzene rings is 2. The van der Waals surface area contributed by atoms with Gasteiger partial charge in [0.2, 0.25) is 5.91 Å². The van der Waals surface area contributed by atoms with Crippen molar-refractivity contribution in [3.8, 4) is 11.5 Å². The van der Waals surface area contributed by atoms with Crippen LogP contribution in [0.5, 0.6) is 11.5 Å². The van der Waals surface area contributed by atoms with Gasteiger partial charge < -0.3 is 14.8 Å². The van der Waals surface area contributed by atoms with Gasteiger partial charge in [0.1, 0.15) is 17.5 Å². The zero-order valence-electron chi connectivity index (χ0n) is 14.4. The van der Waals surface area contributed by atoms with Gasteiger partial charge in [0.15, 0.2) is 0 Å². The Bertz CT molecular complexity index is 721. The molecule has 0 radical (unpaired) electrons. The first-order valence-electron chi connectivity index (χ1n) is 8.26. The molecule has 0 saturated carbocycles. The van der Waals surface area contributed by atoms with Crippen molar-refractivity contribution in [2.24, 2.45) is 0 Å². The molecular weight excluding hydrogens is 318 g/mol. The minimum atomic E-state index is -0.269. The molecule has 132 valence electrons. The van der Waals surface area contributed by atoms with Gasteiger partial charge in [-0.15, -0.1) is 0 Å². The van der Waals surface area contributed by atoms with Gasteiger partial charge in [0.05, 0.1) is 14.2 Å². The van der Waals surface area contributed by atoms with Gasteiger partial charge >= 0.3 is 0 Å². The van der Waals surface area contributed by atoms with Crippen molar-refractivity contribution in [1.29, 1.82) is 0 Å². The van der Waals surface area contributed by atoms with E-state index in [-0.39, 0.29) is 18.0 Å². The molecule has 0 aromatic heterocycles. The molecule has 0 aliphatic carbocycles. The Hall–Kier alpha value is -2.57. The molecule has 2 atom stereocenters. The van der Waals surface area contributed by atoms with E-state index < -0.39 is 0 Å². The maximum Gasteiger partial charge on any atom is 0.238 e. The fourth-order valence-corrected chi connectivity index (χ4v) is 2.94. The highest BCUT2D eigenvalue weighted by atomic mass is 16.5. The number of rotatable bonds is 6. The molecule has 2 aromatic carbocycles. The highest BCUT2D eigenvalue weighted by molar-refractivity contribution is 5.82. The summed E-state index contributed by atoms with van der Waals surface area (Å²) >= 11 is 0. The topological polar surface area (TPSA) is 71.6 Å². The molecule has 0 bridgehead atoms. The van der Waals surface area contributed by atoms with Crippen LogP contribution in [0.1, 0.15) is 23.6 Å². The summed E-state index contributed by atoms with van der Waals surface area (Å²) in [5.41, 5.74) is 8.34. The molecule has 2 unspecified atom stereocenters. The van der Waals surface area contributed by atoms with E-state index in [1.165, 1.54) is 5.56 Å². The van der Waals surface area contributed by atoms with Crippen LogP contribution in [0.4, 0.5) is 0 Å². The van der Waals surface area contributed by atoms with E-state index in [9.17, 15) is 4.79 Å². The third kappa shape index (κ3) is 4.10. The fourth-order valence-electron chi connectivity index (χ4n) is 2.94. The van der Waals surface area contributed by atoms with Crippen LogP contribution in [-0.2, 0) is 11.3 Å². The number of carbonyl (C=O) groups is 1. The van der Waals surface area contributed by atoms with Crippen LogP contribution < -0.4 is 25.6 Å². The van der Waals surface area contributed by atoms with Crippen LogP contribution in [0.3, 0.4) is 0 Å². The van der Waals surface area contributed by atoms with Crippen molar-refractivity contribution in [3.05, 3.63) is 59.7 Å². The van der Waals surface area contributed by atoms with Gasteiger partial charge in [0, 0.05) is 24.2 Å². The second kappa shape index (κ2) is 8.00. The third-order valence-electron chi connectivity index (χ3n) is 4.37. The van der Waals surface area contributed by atoms with Crippen molar-refractivity contribution in [1.82, 2.24) is 16.2 Å². The molecule has 1 amide bonds. The summed E-state index contributed by atoms with van der Waals surface area (Å²) in [4.78, 5) is 12.4. The minimum absolute atomic E-state index is 0.0381. The van der Waals surface area contributed by atoms with Crippen molar-refractivity contribution in [3.63, 3.8) is 0 Å². The molecular formula is C19H23N3O3. The number of hydrazine groups is 1. The normalized spacial score (nSPS) is 19.4. The Morgan fingerprint density at radius 3 is 2.64 bits per heavy atom. The van der Waals surface area contributed by atoms with E-state index in [0.717, 1.165) is 11.3 Å². The van der Waals surface area contributed by atoms with E-state index in [2.05, 4.69) is 28.3 Å². The molecule has 0 spiro atoms. The summed E-state index contributed by atoms with van der Waals surface area (Å²) in [5, 5.41) is 2.96. The third-order valence-corrected chi connectivity index (χ3v) is 4.37. The first-order chi connectivity index (χ1) is 12.2. The van der Waals surface area contributed by atoms with Crippen molar-refractivity contribution >= 4 is 5.91 Å². The smallest absolute Gasteiger partial charge is 0.238 e. The van der Waals surface area contributed by atoms with Crippen LogP contribution in [0.2, 0.25) is 0 Å². The molecule has 3 N–H and O–H groups in total. The standard InChI is InChI=1S/C19H23N3O3/c1-24-15-9-8-14(18(10-15)25-2)12-20-19(23)17-11-16(21-22-17)13-6-4-3-5-7-13/h3-10,16-17,21-22H,11-12H2,1-2H3,(H,20,23). The summed E-state index contributed by atoms with van der Waals surface area (Å²) < 4.78 is 10.5. The molecule has 3 rings (SSSR count). The number of ether oxygens (including phenoxy) is 2. The molecule has 1 aliphatic heterocycles. The van der Waals surface area contributed by atoms with Crippen LogP contribution in [0.25, 0.3) is 0 Å². The molecule has 1 fully saturated rings. The van der Waals surface area contributed by atoms with Gasteiger partial charge in [-0.3, -0.25) is 4.79 Å². The van der Waals surface area contributed by atoms with Crippen LogP contribution in [0.15, 0.2) is 48.5 Å². The van der Waals surface area contributed by atoms with Gasteiger partial charge in [-0.2, -0.15) is 0 Å². The minimum Gasteiger partial charge on any atom is -0.497 e. The zero-order valence-corrected chi connectivity index (χ0v) is 14.4. The second-order valence-corrected chi connectivity index (χ2v) is 5.94.